The standard InChI is InChI=1S/C15H11BrCl2INO/c1-8(11-4-2-9(17)6-14(11)18)20-15(21)12-7-10(19)3-5-13(12)16/h2-8H,1H3,(H,20,21). The third-order valence-electron chi connectivity index (χ3n) is 2.95. The lowest BCUT2D eigenvalue weighted by Gasteiger charge is -2.16. The Morgan fingerprint density at radius 3 is 2.62 bits per heavy atom. The Hall–Kier alpha value is -0.300. The Morgan fingerprint density at radius 1 is 1.24 bits per heavy atom. The molecule has 2 aromatic rings. The first-order chi connectivity index (χ1) is 9.88. The summed E-state index contributed by atoms with van der Waals surface area (Å²) in [4.78, 5) is 12.4. The van der Waals surface area contributed by atoms with Gasteiger partial charge in [-0.2, -0.15) is 0 Å². The normalized spacial score (nSPS) is 12.0. The molecule has 0 saturated heterocycles. The fraction of sp³-hybridized carbons (Fsp3) is 0.133. The van der Waals surface area contributed by atoms with Gasteiger partial charge in [-0.25, -0.2) is 0 Å². The van der Waals surface area contributed by atoms with E-state index in [2.05, 4.69) is 43.8 Å². The van der Waals surface area contributed by atoms with Crippen molar-refractivity contribution in [1.82, 2.24) is 5.32 Å². The summed E-state index contributed by atoms with van der Waals surface area (Å²) in [5, 5.41) is 4.05. The number of nitrogens with one attached hydrogen (secondary N) is 1. The van der Waals surface area contributed by atoms with Crippen LogP contribution in [0.4, 0.5) is 0 Å². The van der Waals surface area contributed by atoms with Gasteiger partial charge < -0.3 is 5.32 Å². The smallest absolute Gasteiger partial charge is 0.252 e. The van der Waals surface area contributed by atoms with Crippen LogP contribution in [0, 0.1) is 3.57 Å². The molecule has 0 saturated carbocycles. The van der Waals surface area contributed by atoms with Crippen molar-refractivity contribution in [2.75, 3.05) is 0 Å². The molecule has 110 valence electrons. The van der Waals surface area contributed by atoms with Crippen LogP contribution < -0.4 is 5.32 Å². The van der Waals surface area contributed by atoms with E-state index < -0.39 is 0 Å². The zero-order chi connectivity index (χ0) is 15.6. The van der Waals surface area contributed by atoms with E-state index in [0.717, 1.165) is 13.6 Å². The van der Waals surface area contributed by atoms with Crippen LogP contribution in [0.25, 0.3) is 0 Å². The summed E-state index contributed by atoms with van der Waals surface area (Å²) in [5.41, 5.74) is 1.43. The minimum atomic E-state index is -0.216. The van der Waals surface area contributed by atoms with Gasteiger partial charge in [-0.1, -0.05) is 29.3 Å². The Morgan fingerprint density at radius 2 is 1.95 bits per heavy atom. The van der Waals surface area contributed by atoms with E-state index in [1.807, 2.05) is 31.2 Å². The van der Waals surface area contributed by atoms with Gasteiger partial charge in [0.1, 0.15) is 0 Å². The van der Waals surface area contributed by atoms with Crippen LogP contribution in [-0.2, 0) is 0 Å². The number of halogens is 4. The zero-order valence-corrected chi connectivity index (χ0v) is 16.2. The lowest BCUT2D eigenvalue weighted by molar-refractivity contribution is 0.0939. The van der Waals surface area contributed by atoms with Crippen molar-refractivity contribution in [2.45, 2.75) is 13.0 Å². The van der Waals surface area contributed by atoms with Crippen LogP contribution in [0.3, 0.4) is 0 Å². The van der Waals surface area contributed by atoms with Gasteiger partial charge in [0.15, 0.2) is 0 Å². The van der Waals surface area contributed by atoms with Crippen molar-refractivity contribution >= 4 is 67.6 Å². The topological polar surface area (TPSA) is 29.1 Å². The molecule has 21 heavy (non-hydrogen) atoms. The molecule has 2 aromatic carbocycles. The third kappa shape index (κ3) is 4.34. The van der Waals surface area contributed by atoms with Gasteiger partial charge in [-0.3, -0.25) is 4.79 Å². The lowest BCUT2D eigenvalue weighted by Crippen LogP contribution is -2.27. The number of hydrogen-bond donors (Lipinski definition) is 1. The van der Waals surface area contributed by atoms with Crippen LogP contribution in [0.2, 0.25) is 10.0 Å². The second kappa shape index (κ2) is 7.31. The summed E-state index contributed by atoms with van der Waals surface area (Å²) in [6, 6.07) is 10.6. The van der Waals surface area contributed by atoms with Gasteiger partial charge in [-0.15, -0.1) is 0 Å². The van der Waals surface area contributed by atoms with Crippen LogP contribution in [-0.4, -0.2) is 5.91 Å². The number of benzene rings is 2. The van der Waals surface area contributed by atoms with Gasteiger partial charge in [0.05, 0.1) is 11.6 Å². The van der Waals surface area contributed by atoms with Crippen LogP contribution in [0.5, 0.6) is 0 Å². The van der Waals surface area contributed by atoms with E-state index in [0.29, 0.717) is 15.6 Å². The molecular weight excluding hydrogens is 488 g/mol. The Labute approximate surface area is 155 Å². The van der Waals surface area contributed by atoms with Crippen molar-refractivity contribution < 1.29 is 4.79 Å². The average Bonchev–Trinajstić information content (AvgIpc) is 2.41. The largest absolute Gasteiger partial charge is 0.345 e. The monoisotopic (exact) mass is 497 g/mol. The summed E-state index contributed by atoms with van der Waals surface area (Å²) in [6.45, 7) is 1.88. The number of rotatable bonds is 3. The van der Waals surface area contributed by atoms with E-state index in [1.165, 1.54) is 0 Å². The molecule has 0 fully saturated rings. The van der Waals surface area contributed by atoms with Crippen molar-refractivity contribution in [3.8, 4) is 0 Å². The summed E-state index contributed by atoms with van der Waals surface area (Å²) in [7, 11) is 0. The Balaban J connectivity index is 2.20. The highest BCUT2D eigenvalue weighted by Gasteiger charge is 2.16. The Kier molecular flexibility index (Phi) is 5.94. The number of hydrogen-bond acceptors (Lipinski definition) is 1. The molecule has 0 aliphatic heterocycles. The molecule has 2 rings (SSSR count). The maximum absolute atomic E-state index is 12.4. The fourth-order valence-electron chi connectivity index (χ4n) is 1.88. The minimum absolute atomic E-state index is 0.154. The molecule has 2 nitrogen and oxygen atoms in total. The molecule has 0 bridgehead atoms. The van der Waals surface area contributed by atoms with Crippen LogP contribution >= 0.6 is 61.7 Å². The number of carbonyl (C=O) groups is 1. The van der Waals surface area contributed by atoms with Crippen molar-refractivity contribution in [3.05, 3.63) is 65.6 Å². The average molecular weight is 499 g/mol. The van der Waals surface area contributed by atoms with E-state index in [9.17, 15) is 4.79 Å². The van der Waals surface area contributed by atoms with Gasteiger partial charge in [-0.05, 0) is 81.3 Å². The molecule has 6 heteroatoms. The lowest BCUT2D eigenvalue weighted by atomic mass is 10.1. The van der Waals surface area contributed by atoms with Gasteiger partial charge in [0.2, 0.25) is 0 Å². The molecule has 0 radical (unpaired) electrons. The van der Waals surface area contributed by atoms with E-state index >= 15 is 0 Å². The van der Waals surface area contributed by atoms with Crippen molar-refractivity contribution in [2.24, 2.45) is 0 Å². The van der Waals surface area contributed by atoms with Gasteiger partial charge >= 0.3 is 0 Å². The van der Waals surface area contributed by atoms with Crippen molar-refractivity contribution in [3.63, 3.8) is 0 Å². The van der Waals surface area contributed by atoms with Gasteiger partial charge in [0, 0.05) is 18.1 Å². The highest BCUT2D eigenvalue weighted by molar-refractivity contribution is 14.1. The molecule has 0 heterocycles. The molecule has 1 atom stereocenters. The summed E-state index contributed by atoms with van der Waals surface area (Å²) < 4.78 is 1.76. The molecule has 0 spiro atoms. The molecule has 1 N–H and O–H groups in total. The Bertz CT molecular complexity index is 693. The molecular formula is C15H11BrCl2INO. The molecule has 1 unspecified atom stereocenters. The van der Waals surface area contributed by atoms with E-state index in [4.69, 9.17) is 23.2 Å². The van der Waals surface area contributed by atoms with Crippen molar-refractivity contribution in [1.29, 1.82) is 0 Å². The number of amides is 1. The summed E-state index contributed by atoms with van der Waals surface area (Å²) in [5.74, 6) is -0.154. The highest BCUT2D eigenvalue weighted by Crippen LogP contribution is 2.27. The predicted octanol–water partition coefficient (Wildman–Crippen LogP) is 5.85. The van der Waals surface area contributed by atoms with Crippen LogP contribution in [0.15, 0.2) is 40.9 Å². The molecule has 0 aromatic heterocycles. The van der Waals surface area contributed by atoms with E-state index in [-0.39, 0.29) is 11.9 Å². The first kappa shape index (κ1) is 17.1. The second-order valence-corrected chi connectivity index (χ2v) is 7.43. The van der Waals surface area contributed by atoms with E-state index in [1.54, 1.807) is 12.1 Å². The maximum Gasteiger partial charge on any atom is 0.252 e. The molecule has 0 aliphatic rings. The maximum atomic E-state index is 12.4. The SMILES string of the molecule is CC(NC(=O)c1cc(I)ccc1Br)c1ccc(Cl)cc1Cl. The van der Waals surface area contributed by atoms with Gasteiger partial charge in [0.25, 0.3) is 5.91 Å². The summed E-state index contributed by atoms with van der Waals surface area (Å²) >= 11 is 17.6. The minimum Gasteiger partial charge on any atom is -0.345 e. The predicted molar refractivity (Wildman–Crippen MR) is 99.2 cm³/mol. The fourth-order valence-corrected chi connectivity index (χ4v) is 3.37. The number of carbonyl (C=O) groups excluding carboxylic acids is 1. The highest BCUT2D eigenvalue weighted by atomic mass is 127. The quantitative estimate of drug-likeness (QED) is 0.528. The molecule has 1 amide bonds. The second-order valence-electron chi connectivity index (χ2n) is 4.49. The van der Waals surface area contributed by atoms with Crippen LogP contribution in [0.1, 0.15) is 28.9 Å². The third-order valence-corrected chi connectivity index (χ3v) is 4.87. The molecule has 0 aliphatic carbocycles. The first-order valence-corrected chi connectivity index (χ1v) is 8.72. The summed E-state index contributed by atoms with van der Waals surface area (Å²) in [6.07, 6.45) is 0. The zero-order valence-electron chi connectivity index (χ0n) is 11.0. The first-order valence-electron chi connectivity index (χ1n) is 6.09.